The van der Waals surface area contributed by atoms with Gasteiger partial charge in [0.15, 0.2) is 11.6 Å². The molecule has 0 saturated heterocycles. The fourth-order valence-electron chi connectivity index (χ4n) is 2.94. The van der Waals surface area contributed by atoms with Gasteiger partial charge >= 0.3 is 6.18 Å². The van der Waals surface area contributed by atoms with Crippen LogP contribution in [0.25, 0.3) is 16.9 Å². The maximum atomic E-state index is 14.7. The van der Waals surface area contributed by atoms with Crippen molar-refractivity contribution < 1.29 is 17.6 Å². The number of nitrogen functional groups attached to an aromatic ring is 1. The molecule has 2 aromatic heterocycles. The topological polar surface area (TPSA) is 81.7 Å². The fourth-order valence-corrected chi connectivity index (χ4v) is 2.94. The van der Waals surface area contributed by atoms with Gasteiger partial charge in [0.05, 0.1) is 16.6 Å². The lowest BCUT2D eigenvalue weighted by molar-refractivity contribution is -0.137. The van der Waals surface area contributed by atoms with Gasteiger partial charge in [-0.2, -0.15) is 27.5 Å². The summed E-state index contributed by atoms with van der Waals surface area (Å²) in [7, 11) is 0. The smallest absolute Gasteiger partial charge is 0.381 e. The zero-order valence-corrected chi connectivity index (χ0v) is 15.0. The van der Waals surface area contributed by atoms with Crippen molar-refractivity contribution in [2.24, 2.45) is 0 Å². The van der Waals surface area contributed by atoms with Crippen molar-refractivity contribution in [2.75, 3.05) is 11.1 Å². The predicted molar refractivity (Wildman–Crippen MR) is 100 cm³/mol. The Morgan fingerprint density at radius 1 is 0.966 bits per heavy atom. The molecule has 0 radical (unpaired) electrons. The van der Waals surface area contributed by atoms with Crippen LogP contribution in [0.5, 0.6) is 0 Å². The van der Waals surface area contributed by atoms with E-state index >= 15 is 0 Å². The molecule has 0 amide bonds. The number of aromatic nitrogens is 4. The second-order valence-corrected chi connectivity index (χ2v) is 6.25. The summed E-state index contributed by atoms with van der Waals surface area (Å²) in [5, 5.41) is 2.75. The third kappa shape index (κ3) is 3.44. The second-order valence-electron chi connectivity index (χ2n) is 6.25. The van der Waals surface area contributed by atoms with E-state index in [1.807, 2.05) is 0 Å². The van der Waals surface area contributed by atoms with Gasteiger partial charge in [-0.3, -0.25) is 4.57 Å². The summed E-state index contributed by atoms with van der Waals surface area (Å²) in [5.41, 5.74) is 6.49. The molecule has 0 aliphatic rings. The third-order valence-corrected chi connectivity index (χ3v) is 4.27. The number of nitrogens with two attached hydrogens (primary N) is 1. The van der Waals surface area contributed by atoms with Crippen molar-refractivity contribution in [2.45, 2.75) is 13.1 Å². The van der Waals surface area contributed by atoms with Crippen LogP contribution in [-0.2, 0) is 6.18 Å². The van der Waals surface area contributed by atoms with Gasteiger partial charge in [-0.05, 0) is 43.3 Å². The zero-order chi connectivity index (χ0) is 20.8. The summed E-state index contributed by atoms with van der Waals surface area (Å²) >= 11 is 0. The number of aryl methyl sites for hydroxylation is 1. The Kier molecular flexibility index (Phi) is 4.33. The van der Waals surface area contributed by atoms with Crippen LogP contribution in [0.3, 0.4) is 0 Å². The number of nitrogens with zero attached hydrogens (tertiary/aromatic N) is 4. The first-order chi connectivity index (χ1) is 13.7. The highest BCUT2D eigenvalue weighted by Crippen LogP contribution is 2.30. The van der Waals surface area contributed by atoms with Gasteiger partial charge < -0.3 is 11.1 Å². The molecule has 4 rings (SSSR count). The van der Waals surface area contributed by atoms with Crippen molar-refractivity contribution in [3.63, 3.8) is 0 Å². The molecule has 6 nitrogen and oxygen atoms in total. The lowest BCUT2D eigenvalue weighted by Crippen LogP contribution is -2.11. The van der Waals surface area contributed by atoms with E-state index in [4.69, 9.17) is 5.73 Å². The molecule has 0 aliphatic heterocycles. The molecular formula is C19H14F4N6. The van der Waals surface area contributed by atoms with Crippen molar-refractivity contribution in [1.29, 1.82) is 0 Å². The SMILES string of the molecule is Cc1nc2ccccc2n1-c1nc(Nc2ccc(C(F)(F)F)cc2)nc(N)c1F. The standard InChI is InChI=1S/C19H14F4N6/c1-10-25-13-4-2-3-5-14(13)29(10)17-15(20)16(24)27-18(28-17)26-12-8-6-11(7-9-12)19(21,22)23/h2-9H,1H3,(H3,24,26,27,28). The van der Waals surface area contributed by atoms with Crippen LogP contribution in [0.1, 0.15) is 11.4 Å². The summed E-state index contributed by atoms with van der Waals surface area (Å²) < 4.78 is 54.3. The first-order valence-electron chi connectivity index (χ1n) is 8.46. The maximum Gasteiger partial charge on any atom is 0.416 e. The third-order valence-electron chi connectivity index (χ3n) is 4.27. The summed E-state index contributed by atoms with van der Waals surface area (Å²) in [4.78, 5) is 12.4. The van der Waals surface area contributed by atoms with E-state index in [1.165, 1.54) is 16.7 Å². The van der Waals surface area contributed by atoms with E-state index < -0.39 is 23.4 Å². The van der Waals surface area contributed by atoms with Crippen molar-refractivity contribution in [3.8, 4) is 5.82 Å². The average molecular weight is 402 g/mol. The molecule has 0 fully saturated rings. The molecule has 0 aliphatic carbocycles. The number of nitrogens with one attached hydrogen (secondary N) is 1. The summed E-state index contributed by atoms with van der Waals surface area (Å²) in [6.07, 6.45) is -4.44. The molecule has 3 N–H and O–H groups in total. The number of halogens is 4. The Labute approximate surface area is 162 Å². The van der Waals surface area contributed by atoms with Crippen molar-refractivity contribution in [3.05, 3.63) is 65.7 Å². The minimum atomic E-state index is -4.44. The van der Waals surface area contributed by atoms with Crippen LogP contribution in [0, 0.1) is 12.7 Å². The van der Waals surface area contributed by atoms with E-state index in [1.54, 1.807) is 31.2 Å². The second kappa shape index (κ2) is 6.73. The molecule has 2 heterocycles. The van der Waals surface area contributed by atoms with Crippen LogP contribution in [0.2, 0.25) is 0 Å². The Balaban J connectivity index is 1.76. The van der Waals surface area contributed by atoms with Gasteiger partial charge in [-0.25, -0.2) is 4.98 Å². The van der Waals surface area contributed by atoms with E-state index in [-0.39, 0.29) is 11.8 Å². The number of anilines is 3. The average Bonchev–Trinajstić information content (AvgIpc) is 3.00. The quantitative estimate of drug-likeness (QED) is 0.489. The molecule has 2 aromatic carbocycles. The van der Waals surface area contributed by atoms with Gasteiger partial charge in [-0.15, -0.1) is 0 Å². The number of fused-ring (bicyclic) bond motifs is 1. The number of benzene rings is 2. The maximum absolute atomic E-state index is 14.7. The first kappa shape index (κ1) is 18.7. The Bertz CT molecular complexity index is 1200. The largest absolute Gasteiger partial charge is 0.416 e. The summed E-state index contributed by atoms with van der Waals surface area (Å²) in [6.45, 7) is 1.70. The summed E-state index contributed by atoms with van der Waals surface area (Å²) in [6, 6.07) is 11.4. The van der Waals surface area contributed by atoms with E-state index in [2.05, 4.69) is 20.3 Å². The highest BCUT2D eigenvalue weighted by Gasteiger charge is 2.30. The number of para-hydroxylation sites is 2. The van der Waals surface area contributed by atoms with Crippen LogP contribution in [0.15, 0.2) is 48.5 Å². The molecule has 0 unspecified atom stereocenters. The van der Waals surface area contributed by atoms with Crippen LogP contribution >= 0.6 is 0 Å². The van der Waals surface area contributed by atoms with Crippen LogP contribution in [-0.4, -0.2) is 19.5 Å². The van der Waals surface area contributed by atoms with Crippen LogP contribution in [0.4, 0.5) is 35.0 Å². The van der Waals surface area contributed by atoms with E-state index in [9.17, 15) is 17.6 Å². The number of alkyl halides is 3. The minimum absolute atomic E-state index is 0.0594. The lowest BCUT2D eigenvalue weighted by Gasteiger charge is -2.12. The van der Waals surface area contributed by atoms with Gasteiger partial charge in [0.25, 0.3) is 0 Å². The zero-order valence-electron chi connectivity index (χ0n) is 15.0. The highest BCUT2D eigenvalue weighted by atomic mass is 19.4. The van der Waals surface area contributed by atoms with Crippen molar-refractivity contribution >= 4 is 28.5 Å². The van der Waals surface area contributed by atoms with E-state index in [0.717, 1.165) is 12.1 Å². The lowest BCUT2D eigenvalue weighted by atomic mass is 10.2. The predicted octanol–water partition coefficient (Wildman–Crippen LogP) is 4.61. The molecule has 29 heavy (non-hydrogen) atoms. The fraction of sp³-hybridized carbons (Fsp3) is 0.105. The number of hydrogen-bond donors (Lipinski definition) is 2. The molecule has 0 bridgehead atoms. The highest BCUT2D eigenvalue weighted by molar-refractivity contribution is 5.78. The number of rotatable bonds is 3. The monoisotopic (exact) mass is 402 g/mol. The molecule has 4 aromatic rings. The Morgan fingerprint density at radius 2 is 1.66 bits per heavy atom. The number of hydrogen-bond acceptors (Lipinski definition) is 5. The normalized spacial score (nSPS) is 11.8. The summed E-state index contributed by atoms with van der Waals surface area (Å²) in [5.74, 6) is -0.909. The van der Waals surface area contributed by atoms with E-state index in [0.29, 0.717) is 22.5 Å². The molecule has 148 valence electrons. The molecule has 0 saturated carbocycles. The molecule has 0 spiro atoms. The van der Waals surface area contributed by atoms with Gasteiger partial charge in [-0.1, -0.05) is 12.1 Å². The molecule has 0 atom stereocenters. The van der Waals surface area contributed by atoms with Gasteiger partial charge in [0.2, 0.25) is 11.8 Å². The van der Waals surface area contributed by atoms with Crippen LogP contribution < -0.4 is 11.1 Å². The van der Waals surface area contributed by atoms with Gasteiger partial charge in [0.1, 0.15) is 5.82 Å². The molecule has 10 heteroatoms. The van der Waals surface area contributed by atoms with Crippen molar-refractivity contribution in [1.82, 2.24) is 19.5 Å². The minimum Gasteiger partial charge on any atom is -0.381 e. The Hall–Kier alpha value is -3.69. The van der Waals surface area contributed by atoms with Gasteiger partial charge in [0, 0.05) is 5.69 Å². The Morgan fingerprint density at radius 3 is 2.34 bits per heavy atom. The number of imidazole rings is 1. The molecular weight excluding hydrogens is 388 g/mol. The first-order valence-corrected chi connectivity index (χ1v) is 8.46.